The number of nitro groups is 1. The predicted octanol–water partition coefficient (Wildman–Crippen LogP) is 2.85. The molecule has 0 unspecified atom stereocenters. The Kier molecular flexibility index (Phi) is 4.16. The third kappa shape index (κ3) is 3.10. The molecular formula is C12H12BrFN2O3. The number of hydrogen-bond donors (Lipinski definition) is 2. The summed E-state index contributed by atoms with van der Waals surface area (Å²) in [5.41, 5.74) is -0.0626. The Morgan fingerprint density at radius 3 is 2.84 bits per heavy atom. The Balaban J connectivity index is 2.25. The highest BCUT2D eigenvalue weighted by Crippen LogP contribution is 2.35. The summed E-state index contributed by atoms with van der Waals surface area (Å²) in [4.78, 5) is 10.4. The maximum absolute atomic E-state index is 13.3. The molecule has 0 spiro atoms. The van der Waals surface area contributed by atoms with Crippen LogP contribution < -0.4 is 5.32 Å². The van der Waals surface area contributed by atoms with Gasteiger partial charge in [-0.1, -0.05) is 12.2 Å². The van der Waals surface area contributed by atoms with Gasteiger partial charge < -0.3 is 10.4 Å². The van der Waals surface area contributed by atoms with Crippen molar-refractivity contribution in [2.45, 2.75) is 12.5 Å². The van der Waals surface area contributed by atoms with E-state index >= 15 is 0 Å². The SMILES string of the molecule is O=[N+]([O-])c1c(Br)cc(F)cc1N[C@@H]1C=C[C@H](CO)C1. The van der Waals surface area contributed by atoms with E-state index in [2.05, 4.69) is 21.2 Å². The number of anilines is 1. The van der Waals surface area contributed by atoms with Gasteiger partial charge in [0.15, 0.2) is 0 Å². The van der Waals surface area contributed by atoms with Gasteiger partial charge in [-0.15, -0.1) is 0 Å². The smallest absolute Gasteiger partial charge is 0.306 e. The quantitative estimate of drug-likeness (QED) is 0.505. The third-order valence-corrected chi connectivity index (χ3v) is 3.56. The van der Waals surface area contributed by atoms with Crippen LogP contribution in [-0.4, -0.2) is 22.7 Å². The lowest BCUT2D eigenvalue weighted by Crippen LogP contribution is -2.17. The number of benzene rings is 1. The summed E-state index contributed by atoms with van der Waals surface area (Å²) in [5.74, 6) is -0.519. The van der Waals surface area contributed by atoms with Gasteiger partial charge in [-0.3, -0.25) is 10.1 Å². The fourth-order valence-corrected chi connectivity index (χ4v) is 2.66. The highest BCUT2D eigenvalue weighted by atomic mass is 79.9. The lowest BCUT2D eigenvalue weighted by atomic mass is 10.1. The van der Waals surface area contributed by atoms with Gasteiger partial charge in [-0.2, -0.15) is 0 Å². The summed E-state index contributed by atoms with van der Waals surface area (Å²) in [7, 11) is 0. The molecule has 0 saturated heterocycles. The molecule has 0 aromatic heterocycles. The highest BCUT2D eigenvalue weighted by Gasteiger charge is 2.24. The lowest BCUT2D eigenvalue weighted by molar-refractivity contribution is -0.384. The van der Waals surface area contributed by atoms with Crippen molar-refractivity contribution in [3.8, 4) is 0 Å². The maximum Gasteiger partial charge on any atom is 0.306 e. The third-order valence-electron chi connectivity index (χ3n) is 2.96. The van der Waals surface area contributed by atoms with Crippen LogP contribution in [0.2, 0.25) is 0 Å². The van der Waals surface area contributed by atoms with E-state index in [9.17, 15) is 14.5 Å². The van der Waals surface area contributed by atoms with Gasteiger partial charge >= 0.3 is 5.69 Å². The summed E-state index contributed by atoms with van der Waals surface area (Å²) < 4.78 is 13.4. The van der Waals surface area contributed by atoms with Crippen molar-refractivity contribution in [1.82, 2.24) is 0 Å². The molecule has 1 aromatic carbocycles. The zero-order chi connectivity index (χ0) is 14.0. The number of nitro benzene ring substituents is 1. The zero-order valence-corrected chi connectivity index (χ0v) is 11.4. The molecule has 1 aliphatic carbocycles. The van der Waals surface area contributed by atoms with Crippen LogP contribution in [0.3, 0.4) is 0 Å². The van der Waals surface area contributed by atoms with Crippen molar-refractivity contribution in [2.24, 2.45) is 5.92 Å². The summed E-state index contributed by atoms with van der Waals surface area (Å²) in [6.07, 6.45) is 4.29. The van der Waals surface area contributed by atoms with Crippen LogP contribution in [0.15, 0.2) is 28.8 Å². The van der Waals surface area contributed by atoms with E-state index in [1.807, 2.05) is 12.2 Å². The molecule has 0 bridgehead atoms. The van der Waals surface area contributed by atoms with Crippen LogP contribution >= 0.6 is 15.9 Å². The number of nitrogens with one attached hydrogen (secondary N) is 1. The van der Waals surface area contributed by atoms with Gasteiger partial charge in [0, 0.05) is 24.6 Å². The summed E-state index contributed by atoms with van der Waals surface area (Å²) in [6, 6.07) is 2.01. The number of halogens is 2. The van der Waals surface area contributed by atoms with Crippen molar-refractivity contribution in [1.29, 1.82) is 0 Å². The first-order valence-electron chi connectivity index (χ1n) is 5.70. The molecule has 1 aliphatic rings. The van der Waals surface area contributed by atoms with Gasteiger partial charge in [0.1, 0.15) is 16.0 Å². The van der Waals surface area contributed by atoms with Gasteiger partial charge in [-0.05, 0) is 28.4 Å². The Labute approximate surface area is 117 Å². The number of aliphatic hydroxyl groups excluding tert-OH is 1. The van der Waals surface area contributed by atoms with Crippen LogP contribution in [-0.2, 0) is 0 Å². The molecule has 2 N–H and O–H groups in total. The van der Waals surface area contributed by atoms with Crippen molar-refractivity contribution in [3.63, 3.8) is 0 Å². The van der Waals surface area contributed by atoms with Crippen LogP contribution in [0.25, 0.3) is 0 Å². The van der Waals surface area contributed by atoms with Crippen molar-refractivity contribution in [2.75, 3.05) is 11.9 Å². The van der Waals surface area contributed by atoms with Gasteiger partial charge in [0.05, 0.1) is 4.92 Å². The van der Waals surface area contributed by atoms with Crippen molar-refractivity contribution in [3.05, 3.63) is 44.7 Å². The molecule has 0 saturated carbocycles. The summed E-state index contributed by atoms with van der Waals surface area (Å²) >= 11 is 2.99. The second-order valence-corrected chi connectivity index (χ2v) is 5.21. The zero-order valence-electron chi connectivity index (χ0n) is 9.85. The molecule has 0 amide bonds. The van der Waals surface area contributed by atoms with E-state index in [1.54, 1.807) is 0 Å². The molecule has 2 atom stereocenters. The van der Waals surface area contributed by atoms with Gasteiger partial charge in [-0.25, -0.2) is 4.39 Å². The van der Waals surface area contributed by atoms with E-state index in [0.29, 0.717) is 6.42 Å². The van der Waals surface area contributed by atoms with Crippen LogP contribution in [0.4, 0.5) is 15.8 Å². The van der Waals surface area contributed by atoms with Gasteiger partial charge in [0.2, 0.25) is 0 Å². The van der Waals surface area contributed by atoms with Gasteiger partial charge in [0.25, 0.3) is 0 Å². The fraction of sp³-hybridized carbons (Fsp3) is 0.333. The summed E-state index contributed by atoms with van der Waals surface area (Å²) in [5, 5.41) is 23.0. The molecule has 0 fully saturated rings. The minimum absolute atomic E-state index is 0.0314. The molecule has 5 nitrogen and oxygen atoms in total. The minimum Gasteiger partial charge on any atom is -0.396 e. The Morgan fingerprint density at radius 2 is 2.26 bits per heavy atom. The van der Waals surface area contributed by atoms with Crippen molar-refractivity contribution < 1.29 is 14.4 Å². The van der Waals surface area contributed by atoms with Crippen LogP contribution in [0.5, 0.6) is 0 Å². The lowest BCUT2D eigenvalue weighted by Gasteiger charge is -2.14. The second-order valence-electron chi connectivity index (χ2n) is 4.35. The summed E-state index contributed by atoms with van der Waals surface area (Å²) in [6.45, 7) is 0.0314. The largest absolute Gasteiger partial charge is 0.396 e. The van der Waals surface area contributed by atoms with E-state index in [0.717, 1.165) is 12.1 Å². The molecule has 1 aromatic rings. The van der Waals surface area contributed by atoms with Crippen molar-refractivity contribution >= 4 is 27.3 Å². The molecule has 102 valence electrons. The minimum atomic E-state index is -0.561. The first-order valence-corrected chi connectivity index (χ1v) is 6.49. The molecule has 7 heteroatoms. The first kappa shape index (κ1) is 14.0. The average molecular weight is 331 g/mol. The number of hydrogen-bond acceptors (Lipinski definition) is 4. The number of nitrogens with zero attached hydrogens (tertiary/aromatic N) is 1. The maximum atomic E-state index is 13.3. The highest BCUT2D eigenvalue weighted by molar-refractivity contribution is 9.10. The number of aliphatic hydroxyl groups is 1. The molecule has 2 rings (SSSR count). The van der Waals surface area contributed by atoms with E-state index in [4.69, 9.17) is 5.11 Å². The second kappa shape index (κ2) is 5.66. The van der Waals surface area contributed by atoms with Crippen LogP contribution in [0, 0.1) is 21.8 Å². The normalized spacial score (nSPS) is 21.6. The molecule has 0 heterocycles. The van der Waals surface area contributed by atoms with E-state index in [1.165, 1.54) is 0 Å². The average Bonchev–Trinajstić information content (AvgIpc) is 2.75. The fourth-order valence-electron chi connectivity index (χ4n) is 2.08. The Morgan fingerprint density at radius 1 is 1.53 bits per heavy atom. The Bertz CT molecular complexity index is 536. The van der Waals surface area contributed by atoms with E-state index in [-0.39, 0.29) is 34.4 Å². The monoisotopic (exact) mass is 330 g/mol. The number of rotatable bonds is 4. The van der Waals surface area contributed by atoms with Crippen LogP contribution in [0.1, 0.15) is 6.42 Å². The molecule has 0 aliphatic heterocycles. The molecule has 19 heavy (non-hydrogen) atoms. The topological polar surface area (TPSA) is 75.4 Å². The molecular weight excluding hydrogens is 319 g/mol. The Hall–Kier alpha value is -1.47. The standard InChI is InChI=1S/C12H12BrFN2O3/c13-10-4-8(14)5-11(12(10)16(18)19)15-9-2-1-7(3-9)6-17/h1-2,4-5,7,9,15,17H,3,6H2/t7-,9+/m0/s1. The van der Waals surface area contributed by atoms with E-state index < -0.39 is 10.7 Å². The first-order chi connectivity index (χ1) is 9.01. The predicted molar refractivity (Wildman–Crippen MR) is 72.5 cm³/mol. The molecule has 0 radical (unpaired) electrons.